The van der Waals surface area contributed by atoms with Gasteiger partial charge in [0.25, 0.3) is 0 Å². The van der Waals surface area contributed by atoms with Crippen LogP contribution in [0.1, 0.15) is 53.9 Å². The van der Waals surface area contributed by atoms with Gasteiger partial charge in [-0.2, -0.15) is 0 Å². The van der Waals surface area contributed by atoms with Crippen molar-refractivity contribution in [2.75, 3.05) is 19.6 Å². The van der Waals surface area contributed by atoms with Gasteiger partial charge in [0, 0.05) is 12.6 Å². The molecule has 0 radical (unpaired) electrons. The Balaban J connectivity index is 2.44. The zero-order valence-electron chi connectivity index (χ0n) is 12.5. The molecule has 0 amide bonds. The van der Waals surface area contributed by atoms with Gasteiger partial charge in [0.1, 0.15) is 0 Å². The molecular weight excluding hydrogens is 208 g/mol. The highest BCUT2D eigenvalue weighted by molar-refractivity contribution is 4.84. The second-order valence-electron chi connectivity index (χ2n) is 7.20. The molecule has 0 aromatic rings. The van der Waals surface area contributed by atoms with Gasteiger partial charge in [0.05, 0.1) is 0 Å². The van der Waals surface area contributed by atoms with Crippen molar-refractivity contribution in [2.24, 2.45) is 23.0 Å². The molecule has 0 saturated carbocycles. The number of nitrogens with zero attached hydrogens (tertiary/aromatic N) is 1. The van der Waals surface area contributed by atoms with Crippen LogP contribution in [0.4, 0.5) is 0 Å². The lowest BCUT2D eigenvalue weighted by atomic mass is 9.75. The van der Waals surface area contributed by atoms with Crippen molar-refractivity contribution >= 4 is 0 Å². The summed E-state index contributed by atoms with van der Waals surface area (Å²) >= 11 is 0. The summed E-state index contributed by atoms with van der Waals surface area (Å²) in [5.74, 6) is 1.64. The zero-order valence-corrected chi connectivity index (χ0v) is 12.5. The fourth-order valence-electron chi connectivity index (χ4n) is 3.07. The van der Waals surface area contributed by atoms with Gasteiger partial charge < -0.3 is 5.73 Å². The molecule has 2 nitrogen and oxygen atoms in total. The molecule has 0 bridgehead atoms. The number of likely N-dealkylation sites (tertiary alicyclic amines) is 1. The van der Waals surface area contributed by atoms with E-state index in [2.05, 4.69) is 39.5 Å². The maximum absolute atomic E-state index is 5.93. The van der Waals surface area contributed by atoms with Gasteiger partial charge in [-0.1, -0.05) is 34.6 Å². The van der Waals surface area contributed by atoms with Crippen LogP contribution in [0.5, 0.6) is 0 Å². The Morgan fingerprint density at radius 2 is 1.71 bits per heavy atom. The van der Waals surface area contributed by atoms with E-state index >= 15 is 0 Å². The van der Waals surface area contributed by atoms with Crippen LogP contribution in [0, 0.1) is 17.3 Å². The summed E-state index contributed by atoms with van der Waals surface area (Å²) in [7, 11) is 0. The molecular formula is C15H32N2. The predicted octanol–water partition coefficient (Wildman–Crippen LogP) is 3.12. The topological polar surface area (TPSA) is 29.3 Å². The largest absolute Gasteiger partial charge is 0.329 e. The molecule has 1 rings (SSSR count). The molecule has 0 aromatic heterocycles. The van der Waals surface area contributed by atoms with E-state index in [9.17, 15) is 0 Å². The third kappa shape index (κ3) is 4.59. The molecule has 1 unspecified atom stereocenters. The minimum absolute atomic E-state index is 0.475. The molecule has 102 valence electrons. The molecule has 1 atom stereocenters. The SMILES string of the molecule is CC(C)CC(CN)N1CCC(C(C)(C)C)CC1. The normalized spacial score (nSPS) is 22.1. The molecule has 1 aliphatic heterocycles. The van der Waals surface area contributed by atoms with E-state index in [1.54, 1.807) is 0 Å². The molecule has 17 heavy (non-hydrogen) atoms. The number of hydrogen-bond acceptors (Lipinski definition) is 2. The van der Waals surface area contributed by atoms with Crippen molar-refractivity contribution in [2.45, 2.75) is 59.9 Å². The van der Waals surface area contributed by atoms with Gasteiger partial charge >= 0.3 is 0 Å². The van der Waals surface area contributed by atoms with Crippen LogP contribution in [0.3, 0.4) is 0 Å². The first-order chi connectivity index (χ1) is 7.84. The van der Waals surface area contributed by atoms with E-state index in [1.807, 2.05) is 0 Å². The van der Waals surface area contributed by atoms with E-state index in [1.165, 1.54) is 32.4 Å². The molecule has 2 heteroatoms. The second kappa shape index (κ2) is 6.19. The molecule has 0 aliphatic carbocycles. The fraction of sp³-hybridized carbons (Fsp3) is 1.00. The Morgan fingerprint density at radius 1 is 1.18 bits per heavy atom. The Morgan fingerprint density at radius 3 is 2.06 bits per heavy atom. The summed E-state index contributed by atoms with van der Waals surface area (Å²) in [6.07, 6.45) is 3.94. The highest BCUT2D eigenvalue weighted by atomic mass is 15.2. The number of rotatable bonds is 4. The minimum Gasteiger partial charge on any atom is -0.329 e. The van der Waals surface area contributed by atoms with Gasteiger partial charge in [0.2, 0.25) is 0 Å². The van der Waals surface area contributed by atoms with Crippen LogP contribution in [0.25, 0.3) is 0 Å². The van der Waals surface area contributed by atoms with Crippen LogP contribution < -0.4 is 5.73 Å². The predicted molar refractivity (Wildman–Crippen MR) is 76.0 cm³/mol. The highest BCUT2D eigenvalue weighted by Crippen LogP contribution is 2.34. The number of hydrogen-bond donors (Lipinski definition) is 1. The lowest BCUT2D eigenvalue weighted by Crippen LogP contribution is -2.47. The van der Waals surface area contributed by atoms with Crippen molar-refractivity contribution in [3.05, 3.63) is 0 Å². The van der Waals surface area contributed by atoms with E-state index in [0.717, 1.165) is 18.4 Å². The van der Waals surface area contributed by atoms with E-state index in [0.29, 0.717) is 11.5 Å². The first kappa shape index (κ1) is 15.0. The summed E-state index contributed by atoms with van der Waals surface area (Å²) in [6.45, 7) is 15.0. The van der Waals surface area contributed by atoms with Gasteiger partial charge in [-0.05, 0) is 49.6 Å². The molecule has 0 aromatic carbocycles. The molecule has 1 fully saturated rings. The average molecular weight is 240 g/mol. The minimum atomic E-state index is 0.475. The van der Waals surface area contributed by atoms with Crippen LogP contribution in [-0.4, -0.2) is 30.6 Å². The van der Waals surface area contributed by atoms with Crippen molar-refractivity contribution < 1.29 is 0 Å². The number of nitrogens with two attached hydrogens (primary N) is 1. The summed E-state index contributed by atoms with van der Waals surface area (Å²) < 4.78 is 0. The average Bonchev–Trinajstić information content (AvgIpc) is 2.24. The molecule has 1 saturated heterocycles. The van der Waals surface area contributed by atoms with Gasteiger partial charge in [0.15, 0.2) is 0 Å². The maximum atomic E-state index is 5.93. The zero-order chi connectivity index (χ0) is 13.1. The fourth-order valence-corrected chi connectivity index (χ4v) is 3.07. The van der Waals surface area contributed by atoms with Crippen LogP contribution in [-0.2, 0) is 0 Å². The van der Waals surface area contributed by atoms with Gasteiger partial charge in [-0.3, -0.25) is 4.90 Å². The third-order valence-corrected chi connectivity index (χ3v) is 4.29. The molecule has 1 heterocycles. The monoisotopic (exact) mass is 240 g/mol. The summed E-state index contributed by atoms with van der Waals surface area (Å²) in [5, 5.41) is 0. The Labute approximate surface area is 108 Å². The second-order valence-corrected chi connectivity index (χ2v) is 7.20. The van der Waals surface area contributed by atoms with Crippen LogP contribution in [0.2, 0.25) is 0 Å². The molecule has 0 spiro atoms. The van der Waals surface area contributed by atoms with E-state index in [4.69, 9.17) is 5.73 Å². The van der Waals surface area contributed by atoms with Gasteiger partial charge in [-0.15, -0.1) is 0 Å². The van der Waals surface area contributed by atoms with Crippen molar-refractivity contribution in [1.29, 1.82) is 0 Å². The molecule has 2 N–H and O–H groups in total. The van der Waals surface area contributed by atoms with E-state index < -0.39 is 0 Å². The standard InChI is InChI=1S/C15H32N2/c1-12(2)10-14(11-16)17-8-6-13(7-9-17)15(3,4)5/h12-14H,6-11,16H2,1-5H3. The smallest absolute Gasteiger partial charge is 0.0220 e. The van der Waals surface area contributed by atoms with Crippen molar-refractivity contribution in [3.8, 4) is 0 Å². The first-order valence-electron chi connectivity index (χ1n) is 7.28. The lowest BCUT2D eigenvalue weighted by Gasteiger charge is -2.42. The van der Waals surface area contributed by atoms with Crippen molar-refractivity contribution in [3.63, 3.8) is 0 Å². The third-order valence-electron chi connectivity index (χ3n) is 4.29. The highest BCUT2D eigenvalue weighted by Gasteiger charge is 2.30. The molecule has 1 aliphatic rings. The summed E-state index contributed by atoms with van der Waals surface area (Å²) in [4.78, 5) is 2.63. The summed E-state index contributed by atoms with van der Waals surface area (Å²) in [5.41, 5.74) is 6.41. The van der Waals surface area contributed by atoms with Gasteiger partial charge in [-0.25, -0.2) is 0 Å². The van der Waals surface area contributed by atoms with Crippen LogP contribution in [0.15, 0.2) is 0 Å². The maximum Gasteiger partial charge on any atom is 0.0220 e. The first-order valence-corrected chi connectivity index (χ1v) is 7.28. The Kier molecular flexibility index (Phi) is 5.46. The quantitative estimate of drug-likeness (QED) is 0.818. The lowest BCUT2D eigenvalue weighted by molar-refractivity contribution is 0.0775. The van der Waals surface area contributed by atoms with E-state index in [-0.39, 0.29) is 0 Å². The summed E-state index contributed by atoms with van der Waals surface area (Å²) in [6, 6.07) is 0.607. The Bertz CT molecular complexity index is 209. The van der Waals surface area contributed by atoms with Crippen LogP contribution >= 0.6 is 0 Å². The van der Waals surface area contributed by atoms with Crippen molar-refractivity contribution in [1.82, 2.24) is 4.90 Å². The number of piperidine rings is 1. The Hall–Kier alpha value is -0.0800.